The van der Waals surface area contributed by atoms with Crippen molar-refractivity contribution in [1.29, 1.82) is 0 Å². The molecule has 0 fully saturated rings. The molecule has 0 bridgehead atoms. The topological polar surface area (TPSA) is 40.6 Å². The molecule has 3 aromatic rings. The summed E-state index contributed by atoms with van der Waals surface area (Å²) < 4.78 is 13.6. The lowest BCUT2D eigenvalue weighted by Gasteiger charge is -2.37. The van der Waals surface area contributed by atoms with E-state index < -0.39 is 0 Å². The van der Waals surface area contributed by atoms with Crippen LogP contribution in [0.25, 0.3) is 0 Å². The molecule has 166 valence electrons. The normalized spacial score (nSPS) is 15.3. The Morgan fingerprint density at radius 3 is 2.56 bits per heavy atom. The maximum atomic E-state index is 13.6. The Kier molecular flexibility index (Phi) is 7.00. The SMILES string of the molecule is CCCCN(CC(=O)N1CCc2sccc2C1c1ccc(F)cc1)C(=O)c1ccccc1. The second kappa shape index (κ2) is 10.1. The first-order valence-electron chi connectivity index (χ1n) is 11.0. The van der Waals surface area contributed by atoms with Gasteiger partial charge in [0, 0.05) is 23.5 Å². The van der Waals surface area contributed by atoms with E-state index in [4.69, 9.17) is 0 Å². The van der Waals surface area contributed by atoms with Crippen LogP contribution in [0.4, 0.5) is 4.39 Å². The van der Waals surface area contributed by atoms with Crippen LogP contribution >= 0.6 is 11.3 Å². The highest BCUT2D eigenvalue weighted by Crippen LogP contribution is 2.38. The quantitative estimate of drug-likeness (QED) is 0.490. The number of fused-ring (bicyclic) bond motifs is 1. The van der Waals surface area contributed by atoms with E-state index in [0.717, 1.165) is 30.4 Å². The first kappa shape index (κ1) is 22.2. The van der Waals surface area contributed by atoms with Crippen LogP contribution in [0.5, 0.6) is 0 Å². The van der Waals surface area contributed by atoms with Crippen molar-refractivity contribution in [2.45, 2.75) is 32.2 Å². The molecule has 2 aromatic carbocycles. The predicted molar refractivity (Wildman–Crippen MR) is 125 cm³/mol. The summed E-state index contributed by atoms with van der Waals surface area (Å²) in [5.74, 6) is -0.511. The number of rotatable bonds is 7. The van der Waals surface area contributed by atoms with Crippen molar-refractivity contribution in [2.24, 2.45) is 0 Å². The zero-order valence-electron chi connectivity index (χ0n) is 18.2. The fourth-order valence-electron chi connectivity index (χ4n) is 4.21. The molecule has 4 nitrogen and oxygen atoms in total. The molecule has 32 heavy (non-hydrogen) atoms. The summed E-state index contributed by atoms with van der Waals surface area (Å²) in [5, 5.41) is 2.04. The molecule has 1 atom stereocenters. The lowest BCUT2D eigenvalue weighted by Crippen LogP contribution is -2.47. The first-order valence-corrected chi connectivity index (χ1v) is 11.9. The van der Waals surface area contributed by atoms with Crippen molar-refractivity contribution in [3.8, 4) is 0 Å². The van der Waals surface area contributed by atoms with Crippen molar-refractivity contribution in [3.63, 3.8) is 0 Å². The van der Waals surface area contributed by atoms with Crippen LogP contribution in [-0.4, -0.2) is 41.2 Å². The number of halogens is 1. The van der Waals surface area contributed by atoms with Crippen LogP contribution in [0.15, 0.2) is 66.0 Å². The molecule has 1 aliphatic rings. The van der Waals surface area contributed by atoms with E-state index in [1.807, 2.05) is 28.5 Å². The maximum Gasteiger partial charge on any atom is 0.254 e. The van der Waals surface area contributed by atoms with Gasteiger partial charge in [0.25, 0.3) is 5.91 Å². The summed E-state index contributed by atoms with van der Waals surface area (Å²) in [6.07, 6.45) is 2.56. The smallest absolute Gasteiger partial charge is 0.254 e. The molecule has 0 N–H and O–H groups in total. The van der Waals surface area contributed by atoms with Gasteiger partial charge in [0.2, 0.25) is 5.91 Å². The van der Waals surface area contributed by atoms with E-state index in [2.05, 4.69) is 13.0 Å². The van der Waals surface area contributed by atoms with Gasteiger partial charge in [0.05, 0.1) is 6.04 Å². The van der Waals surface area contributed by atoms with Crippen molar-refractivity contribution in [3.05, 3.63) is 93.4 Å². The van der Waals surface area contributed by atoms with Gasteiger partial charge in [-0.3, -0.25) is 9.59 Å². The first-order chi connectivity index (χ1) is 15.6. The van der Waals surface area contributed by atoms with Gasteiger partial charge >= 0.3 is 0 Å². The monoisotopic (exact) mass is 450 g/mol. The van der Waals surface area contributed by atoms with Gasteiger partial charge in [-0.2, -0.15) is 0 Å². The molecule has 0 saturated heterocycles. The fourth-order valence-corrected chi connectivity index (χ4v) is 5.11. The number of unbranched alkanes of at least 4 members (excludes halogenated alkanes) is 1. The summed E-state index contributed by atoms with van der Waals surface area (Å²) >= 11 is 1.69. The molecule has 1 aromatic heterocycles. The van der Waals surface area contributed by atoms with E-state index in [0.29, 0.717) is 18.7 Å². The standard InChI is InChI=1S/C26H27FN2O2S/c1-2-3-15-28(26(31)20-7-5-4-6-8-20)18-24(30)29-16-13-23-22(14-17-32-23)25(29)19-9-11-21(27)12-10-19/h4-12,14,17,25H,2-3,13,15-16,18H2,1H3. The predicted octanol–water partition coefficient (Wildman–Crippen LogP) is 5.30. The van der Waals surface area contributed by atoms with Crippen LogP contribution in [0.2, 0.25) is 0 Å². The van der Waals surface area contributed by atoms with Crippen LogP contribution in [0.3, 0.4) is 0 Å². The molecule has 4 rings (SSSR count). The highest BCUT2D eigenvalue weighted by atomic mass is 32.1. The zero-order valence-corrected chi connectivity index (χ0v) is 19.0. The van der Waals surface area contributed by atoms with Gasteiger partial charge in [0.15, 0.2) is 0 Å². The average Bonchev–Trinajstić information content (AvgIpc) is 3.30. The minimum Gasteiger partial charge on any atom is -0.330 e. The Bertz CT molecular complexity index is 1060. The molecule has 0 aliphatic carbocycles. The molecule has 2 amide bonds. The van der Waals surface area contributed by atoms with Crippen LogP contribution in [0, 0.1) is 5.82 Å². The molecule has 0 saturated carbocycles. The summed E-state index contributed by atoms with van der Waals surface area (Å²) in [5.41, 5.74) is 2.56. The number of hydrogen-bond acceptors (Lipinski definition) is 3. The van der Waals surface area contributed by atoms with Crippen LogP contribution in [0.1, 0.15) is 52.2 Å². The third kappa shape index (κ3) is 4.75. The number of benzene rings is 2. The molecular formula is C26H27FN2O2S. The molecule has 2 heterocycles. The van der Waals surface area contributed by atoms with Gasteiger partial charge in [-0.1, -0.05) is 43.7 Å². The summed E-state index contributed by atoms with van der Waals surface area (Å²) in [6, 6.07) is 17.3. The molecule has 0 radical (unpaired) electrons. The highest BCUT2D eigenvalue weighted by molar-refractivity contribution is 7.10. The number of amides is 2. The fraction of sp³-hybridized carbons (Fsp3) is 0.308. The Morgan fingerprint density at radius 1 is 1.09 bits per heavy atom. The molecular weight excluding hydrogens is 423 g/mol. The number of hydrogen-bond donors (Lipinski definition) is 0. The number of carbonyl (C=O) groups is 2. The average molecular weight is 451 g/mol. The van der Waals surface area contributed by atoms with Crippen molar-refractivity contribution < 1.29 is 14.0 Å². The minimum atomic E-state index is -0.299. The van der Waals surface area contributed by atoms with E-state index in [1.54, 1.807) is 40.5 Å². The Hall–Kier alpha value is -2.99. The summed E-state index contributed by atoms with van der Waals surface area (Å²) in [6.45, 7) is 3.22. The number of thiophene rings is 1. The Labute approximate surface area is 192 Å². The maximum absolute atomic E-state index is 13.6. The van der Waals surface area contributed by atoms with Gasteiger partial charge in [0.1, 0.15) is 12.4 Å². The second-order valence-corrected chi connectivity index (χ2v) is 9.04. The Morgan fingerprint density at radius 2 is 1.84 bits per heavy atom. The highest BCUT2D eigenvalue weighted by Gasteiger charge is 2.34. The van der Waals surface area contributed by atoms with Gasteiger partial charge in [-0.15, -0.1) is 11.3 Å². The van der Waals surface area contributed by atoms with E-state index in [1.165, 1.54) is 17.0 Å². The molecule has 1 unspecified atom stereocenters. The van der Waals surface area contributed by atoms with E-state index in [9.17, 15) is 14.0 Å². The van der Waals surface area contributed by atoms with Gasteiger partial charge in [-0.05, 0) is 59.7 Å². The summed E-state index contributed by atoms with van der Waals surface area (Å²) in [7, 11) is 0. The van der Waals surface area contributed by atoms with Gasteiger partial charge in [-0.25, -0.2) is 4.39 Å². The number of nitrogens with zero attached hydrogens (tertiary/aromatic N) is 2. The molecule has 6 heteroatoms. The van der Waals surface area contributed by atoms with E-state index >= 15 is 0 Å². The lowest BCUT2D eigenvalue weighted by molar-refractivity contribution is -0.134. The number of carbonyl (C=O) groups excluding carboxylic acids is 2. The second-order valence-electron chi connectivity index (χ2n) is 8.04. The van der Waals surface area contributed by atoms with E-state index in [-0.39, 0.29) is 30.2 Å². The van der Waals surface area contributed by atoms with Crippen molar-refractivity contribution in [1.82, 2.24) is 9.80 Å². The van der Waals surface area contributed by atoms with Crippen molar-refractivity contribution >= 4 is 23.2 Å². The Balaban J connectivity index is 1.60. The summed E-state index contributed by atoms with van der Waals surface area (Å²) in [4.78, 5) is 31.4. The minimum absolute atomic E-state index is 0.0326. The molecule has 0 spiro atoms. The zero-order chi connectivity index (χ0) is 22.5. The largest absolute Gasteiger partial charge is 0.330 e. The third-order valence-corrected chi connectivity index (χ3v) is 6.88. The van der Waals surface area contributed by atoms with Crippen LogP contribution in [-0.2, 0) is 11.2 Å². The van der Waals surface area contributed by atoms with Crippen molar-refractivity contribution in [2.75, 3.05) is 19.6 Å². The van der Waals surface area contributed by atoms with Crippen LogP contribution < -0.4 is 0 Å². The lowest BCUT2D eigenvalue weighted by atomic mass is 9.93. The third-order valence-electron chi connectivity index (χ3n) is 5.89. The van der Waals surface area contributed by atoms with Gasteiger partial charge < -0.3 is 9.80 Å². The molecule has 1 aliphatic heterocycles.